The average molecular weight is 528 g/mol. The zero-order valence-corrected chi connectivity index (χ0v) is 20.5. The number of halogens is 1. The van der Waals surface area contributed by atoms with Crippen LogP contribution in [0.1, 0.15) is 33.1 Å². The van der Waals surface area contributed by atoms with Crippen molar-refractivity contribution in [3.8, 4) is 10.6 Å². The molecule has 8 heteroatoms. The number of aromatic nitrogens is 2. The Labute approximate surface area is 191 Å². The number of nitrogens with zero attached hydrogens (tertiary/aromatic N) is 3. The molecule has 0 radical (unpaired) electrons. The molecular weight excluding hydrogens is 501 g/mol. The maximum Gasteiger partial charge on any atom is 0.191 e. The van der Waals surface area contributed by atoms with E-state index in [1.165, 1.54) is 9.75 Å². The molecule has 0 aliphatic rings. The topological polar surface area (TPSA) is 62.2 Å². The van der Waals surface area contributed by atoms with E-state index in [4.69, 9.17) is 9.98 Å². The molecule has 0 bridgehead atoms. The molecule has 2 N–H and O–H groups in total. The Kier molecular flexibility index (Phi) is 8.84. The molecule has 0 aliphatic heterocycles. The first-order valence-corrected chi connectivity index (χ1v) is 10.7. The van der Waals surface area contributed by atoms with E-state index in [0.29, 0.717) is 13.1 Å². The van der Waals surface area contributed by atoms with Crippen molar-refractivity contribution in [3.63, 3.8) is 0 Å². The highest BCUT2D eigenvalue weighted by Crippen LogP contribution is 2.28. The molecule has 0 spiro atoms. The molecule has 0 fully saturated rings. The van der Waals surface area contributed by atoms with Crippen molar-refractivity contribution in [2.75, 3.05) is 6.54 Å². The normalized spacial score (nSPS) is 11.2. The Morgan fingerprint density at radius 3 is 2.39 bits per heavy atom. The van der Waals surface area contributed by atoms with Gasteiger partial charge in [-0.1, -0.05) is 30.3 Å². The molecule has 2 aromatic heterocycles. The number of rotatable bonds is 6. The number of aliphatic imine (C=N–C) groups is 1. The fraction of sp³-hybridized carbons (Fsp3) is 0.350. The summed E-state index contributed by atoms with van der Waals surface area (Å²) in [6, 6.07) is 10.3. The summed E-state index contributed by atoms with van der Waals surface area (Å²) in [6.45, 7) is 10.4. The highest BCUT2D eigenvalue weighted by molar-refractivity contribution is 14.0. The monoisotopic (exact) mass is 527 g/mol. The van der Waals surface area contributed by atoms with Crippen LogP contribution in [0.3, 0.4) is 0 Å². The fourth-order valence-corrected chi connectivity index (χ4v) is 4.41. The summed E-state index contributed by atoms with van der Waals surface area (Å²) >= 11 is 3.44. The summed E-state index contributed by atoms with van der Waals surface area (Å²) in [5, 5.41) is 8.81. The zero-order valence-electron chi connectivity index (χ0n) is 16.6. The first kappa shape index (κ1) is 22.8. The summed E-state index contributed by atoms with van der Waals surface area (Å²) in [5.74, 6) is 0.803. The van der Waals surface area contributed by atoms with E-state index in [9.17, 15) is 0 Å². The Morgan fingerprint density at radius 2 is 1.75 bits per heavy atom. The van der Waals surface area contributed by atoms with Crippen molar-refractivity contribution in [1.29, 1.82) is 0 Å². The van der Waals surface area contributed by atoms with Gasteiger partial charge in [0.25, 0.3) is 0 Å². The Bertz CT molecular complexity index is 899. The van der Waals surface area contributed by atoms with Gasteiger partial charge in [0, 0.05) is 21.9 Å². The van der Waals surface area contributed by atoms with Crippen LogP contribution >= 0.6 is 46.7 Å². The van der Waals surface area contributed by atoms with E-state index < -0.39 is 0 Å². The van der Waals surface area contributed by atoms with Gasteiger partial charge in [0.1, 0.15) is 10.0 Å². The third kappa shape index (κ3) is 5.99. The van der Waals surface area contributed by atoms with Crippen molar-refractivity contribution in [3.05, 3.63) is 56.5 Å². The lowest BCUT2D eigenvalue weighted by molar-refractivity contribution is 0.810. The van der Waals surface area contributed by atoms with E-state index in [-0.39, 0.29) is 24.0 Å². The van der Waals surface area contributed by atoms with Crippen molar-refractivity contribution in [1.82, 2.24) is 20.6 Å². The maximum absolute atomic E-state index is 4.74. The highest BCUT2D eigenvalue weighted by atomic mass is 127. The van der Waals surface area contributed by atoms with Gasteiger partial charge < -0.3 is 10.6 Å². The molecule has 0 amide bonds. The molecule has 1 aromatic carbocycles. The second kappa shape index (κ2) is 10.9. The van der Waals surface area contributed by atoms with Gasteiger partial charge in [0.05, 0.1) is 24.5 Å². The molecule has 3 aromatic rings. The molecule has 0 unspecified atom stereocenters. The van der Waals surface area contributed by atoms with Gasteiger partial charge in [-0.15, -0.1) is 46.7 Å². The molecule has 3 rings (SSSR count). The van der Waals surface area contributed by atoms with Crippen LogP contribution in [0, 0.1) is 20.8 Å². The minimum absolute atomic E-state index is 0. The fourth-order valence-electron chi connectivity index (χ4n) is 2.55. The summed E-state index contributed by atoms with van der Waals surface area (Å²) in [5.41, 5.74) is 3.30. The van der Waals surface area contributed by atoms with Crippen LogP contribution in [0.4, 0.5) is 0 Å². The van der Waals surface area contributed by atoms with Gasteiger partial charge in [-0.3, -0.25) is 0 Å². The quantitative estimate of drug-likeness (QED) is 0.267. The lowest BCUT2D eigenvalue weighted by atomic mass is 10.2. The largest absolute Gasteiger partial charge is 0.357 e. The number of hydrogen-bond donors (Lipinski definition) is 2. The zero-order chi connectivity index (χ0) is 19.2. The van der Waals surface area contributed by atoms with Crippen molar-refractivity contribution >= 4 is 52.6 Å². The Hall–Kier alpha value is -1.52. The van der Waals surface area contributed by atoms with Crippen molar-refractivity contribution in [2.45, 2.75) is 40.8 Å². The predicted molar refractivity (Wildman–Crippen MR) is 131 cm³/mol. The lowest BCUT2D eigenvalue weighted by Crippen LogP contribution is -2.36. The van der Waals surface area contributed by atoms with E-state index in [1.54, 1.807) is 22.7 Å². The summed E-state index contributed by atoms with van der Waals surface area (Å²) in [7, 11) is 0. The number of hydrogen-bond acceptors (Lipinski definition) is 5. The van der Waals surface area contributed by atoms with Crippen molar-refractivity contribution in [2.24, 2.45) is 4.99 Å². The van der Waals surface area contributed by atoms with Crippen LogP contribution < -0.4 is 10.6 Å². The first-order chi connectivity index (χ1) is 13.1. The van der Waals surface area contributed by atoms with Gasteiger partial charge in [0.2, 0.25) is 0 Å². The number of nitrogens with one attached hydrogen (secondary N) is 2. The Balaban J connectivity index is 0.00000280. The van der Waals surface area contributed by atoms with Crippen LogP contribution in [-0.4, -0.2) is 22.5 Å². The number of aryl methyl sites for hydroxylation is 3. The standard InChI is InChI=1S/C20H25N5S2.HI/c1-5-21-20(23-12-18-24-13(2)15(4)26-18)22-11-17-14(3)25-19(27-17)16-9-7-6-8-10-16;/h6-10H,5,11-12H2,1-4H3,(H2,21,22,23);1H. The smallest absolute Gasteiger partial charge is 0.191 e. The second-order valence-corrected chi connectivity index (χ2v) is 8.56. The Morgan fingerprint density at radius 1 is 1.00 bits per heavy atom. The van der Waals surface area contributed by atoms with Crippen LogP contribution in [0.15, 0.2) is 35.3 Å². The molecular formula is C20H26IN5S2. The first-order valence-electron chi connectivity index (χ1n) is 9.03. The van der Waals surface area contributed by atoms with E-state index >= 15 is 0 Å². The molecule has 2 heterocycles. The minimum Gasteiger partial charge on any atom is -0.357 e. The third-order valence-corrected chi connectivity index (χ3v) is 6.38. The predicted octanol–water partition coefficient (Wildman–Crippen LogP) is 5.07. The van der Waals surface area contributed by atoms with Gasteiger partial charge in [0.15, 0.2) is 5.96 Å². The SMILES string of the molecule is CCNC(=NCc1sc(-c2ccccc2)nc1C)NCc1nc(C)c(C)s1.I. The van der Waals surface area contributed by atoms with Crippen LogP contribution in [0.5, 0.6) is 0 Å². The molecule has 28 heavy (non-hydrogen) atoms. The molecule has 150 valence electrons. The van der Waals surface area contributed by atoms with E-state index in [1.807, 2.05) is 25.1 Å². The minimum atomic E-state index is 0. The maximum atomic E-state index is 4.74. The van der Waals surface area contributed by atoms with Crippen LogP contribution in [-0.2, 0) is 13.1 Å². The van der Waals surface area contributed by atoms with Crippen LogP contribution in [0.2, 0.25) is 0 Å². The van der Waals surface area contributed by atoms with E-state index in [2.05, 4.69) is 48.5 Å². The van der Waals surface area contributed by atoms with Crippen molar-refractivity contribution < 1.29 is 0 Å². The number of thiazole rings is 2. The van der Waals surface area contributed by atoms with Crippen LogP contribution in [0.25, 0.3) is 10.6 Å². The summed E-state index contributed by atoms with van der Waals surface area (Å²) in [4.78, 5) is 16.5. The third-order valence-electron chi connectivity index (χ3n) is 4.12. The number of benzene rings is 1. The molecule has 0 atom stereocenters. The second-order valence-electron chi connectivity index (χ2n) is 6.19. The summed E-state index contributed by atoms with van der Waals surface area (Å²) in [6.07, 6.45) is 0. The molecule has 0 saturated heterocycles. The molecule has 5 nitrogen and oxygen atoms in total. The van der Waals surface area contributed by atoms with E-state index in [0.717, 1.165) is 39.5 Å². The lowest BCUT2D eigenvalue weighted by Gasteiger charge is -2.09. The van der Waals surface area contributed by atoms with Gasteiger partial charge in [-0.2, -0.15) is 0 Å². The molecule has 0 saturated carbocycles. The molecule has 0 aliphatic carbocycles. The van der Waals surface area contributed by atoms with Gasteiger partial charge >= 0.3 is 0 Å². The average Bonchev–Trinajstić information content (AvgIpc) is 3.20. The van der Waals surface area contributed by atoms with Gasteiger partial charge in [-0.05, 0) is 27.7 Å². The van der Waals surface area contributed by atoms with Gasteiger partial charge in [-0.25, -0.2) is 15.0 Å². The number of guanidine groups is 1. The highest BCUT2D eigenvalue weighted by Gasteiger charge is 2.10. The summed E-state index contributed by atoms with van der Waals surface area (Å²) < 4.78 is 0.